The Morgan fingerprint density at radius 2 is 0.663 bits per heavy atom. The van der Waals surface area contributed by atoms with E-state index in [4.69, 9.17) is 28.4 Å². The van der Waals surface area contributed by atoms with Crippen molar-refractivity contribution in [3.8, 4) is 0 Å². The summed E-state index contributed by atoms with van der Waals surface area (Å²) >= 11 is 0. The van der Waals surface area contributed by atoms with Crippen LogP contribution in [-0.4, -0.2) is 193 Å². The lowest BCUT2D eigenvalue weighted by molar-refractivity contribution is -0.379. The summed E-state index contributed by atoms with van der Waals surface area (Å²) in [4.78, 5) is 13.4. The van der Waals surface area contributed by atoms with Crippen LogP contribution in [0.15, 0.2) is 0 Å². The number of amides is 1. The first-order valence-electron chi connectivity index (χ1n) is 35.3. The van der Waals surface area contributed by atoms with E-state index in [1.165, 1.54) is 212 Å². The molecule has 0 radical (unpaired) electrons. The fraction of sp³-hybridized carbons (Fsp3) is 0.985. The molecule has 17 atom stereocenters. The van der Waals surface area contributed by atoms with Gasteiger partial charge in [-0.05, 0) is 12.8 Å². The average molecular weight is 1240 g/mol. The Morgan fingerprint density at radius 1 is 0.372 bits per heavy atom. The average Bonchev–Trinajstić information content (AvgIpc) is 2.00. The first kappa shape index (κ1) is 79.0. The lowest BCUT2D eigenvalue weighted by atomic mass is 9.96. The normalized spacial score (nSPS) is 28.7. The molecule has 17 unspecified atom stereocenters. The Morgan fingerprint density at radius 3 is 1.01 bits per heavy atom. The highest BCUT2D eigenvalue weighted by Crippen LogP contribution is 2.33. The minimum Gasteiger partial charge on any atom is -0.394 e. The highest BCUT2D eigenvalue weighted by molar-refractivity contribution is 5.76. The second-order valence-electron chi connectivity index (χ2n) is 25.7. The maximum Gasteiger partial charge on any atom is 0.220 e. The lowest BCUT2D eigenvalue weighted by Gasteiger charge is -2.48. The topological polar surface area (TPSA) is 307 Å². The van der Waals surface area contributed by atoms with Crippen molar-refractivity contribution in [1.82, 2.24) is 5.32 Å². The van der Waals surface area contributed by atoms with Gasteiger partial charge in [0.1, 0.15) is 73.2 Å². The van der Waals surface area contributed by atoms with Gasteiger partial charge >= 0.3 is 0 Å². The third kappa shape index (κ3) is 32.4. The highest BCUT2D eigenvalue weighted by Gasteiger charge is 2.53. The minimum absolute atomic E-state index is 0.236. The van der Waals surface area contributed by atoms with Gasteiger partial charge in [-0.15, -0.1) is 0 Å². The molecule has 1 amide bonds. The first-order chi connectivity index (χ1) is 41.8. The first-order valence-corrected chi connectivity index (χ1v) is 35.3. The van der Waals surface area contributed by atoms with Gasteiger partial charge < -0.3 is 89.9 Å². The SMILES string of the molecule is CCCCCCCCCCCCCCCCCCCCCCCCCCCCC(=O)NC(COC1OC(CO)C(OC2OC(CO)C(OC3OC(CO)C(O)C(O)C3O)C(O)C2O)C(O)C1O)C(O)CCCCCCCCCCCCCCCCC. The number of nitrogens with one attached hydrogen (secondary N) is 1. The van der Waals surface area contributed by atoms with Crippen LogP contribution in [0.2, 0.25) is 0 Å². The van der Waals surface area contributed by atoms with Crippen molar-refractivity contribution in [3.05, 3.63) is 0 Å². The summed E-state index contributed by atoms with van der Waals surface area (Å²) in [5.74, 6) is -0.236. The summed E-state index contributed by atoms with van der Waals surface area (Å²) < 4.78 is 34.4. The zero-order valence-electron chi connectivity index (χ0n) is 53.8. The van der Waals surface area contributed by atoms with Crippen LogP contribution in [0.3, 0.4) is 0 Å². The van der Waals surface area contributed by atoms with Crippen LogP contribution in [0, 0.1) is 0 Å². The number of aliphatic hydroxyl groups is 11. The summed E-state index contributed by atoms with van der Waals surface area (Å²) in [6.07, 6.45) is 26.2. The summed E-state index contributed by atoms with van der Waals surface area (Å²) in [5, 5.41) is 121. The molecule has 19 heteroatoms. The van der Waals surface area contributed by atoms with E-state index in [1.54, 1.807) is 0 Å². The molecule has 0 bridgehead atoms. The van der Waals surface area contributed by atoms with Gasteiger partial charge in [0.15, 0.2) is 18.9 Å². The maximum atomic E-state index is 13.4. The Balaban J connectivity index is 1.40. The Kier molecular flexibility index (Phi) is 46.3. The predicted octanol–water partition coefficient (Wildman–Crippen LogP) is 9.11. The maximum absolute atomic E-state index is 13.4. The molecule has 510 valence electrons. The van der Waals surface area contributed by atoms with Crippen LogP contribution in [0.4, 0.5) is 0 Å². The number of unbranched alkanes of at least 4 members (excludes halogenated alkanes) is 39. The van der Waals surface area contributed by atoms with Crippen molar-refractivity contribution in [2.75, 3.05) is 26.4 Å². The molecule has 0 spiro atoms. The van der Waals surface area contributed by atoms with E-state index >= 15 is 0 Å². The molecule has 0 aliphatic carbocycles. The Hall–Kier alpha value is -1.21. The van der Waals surface area contributed by atoms with E-state index in [9.17, 15) is 61.0 Å². The summed E-state index contributed by atoms with van der Waals surface area (Å²) in [6.45, 7) is 1.84. The molecule has 12 N–H and O–H groups in total. The summed E-state index contributed by atoms with van der Waals surface area (Å²) in [6, 6.07) is -0.881. The lowest BCUT2D eigenvalue weighted by Crippen LogP contribution is -2.66. The number of hydrogen-bond acceptors (Lipinski definition) is 18. The number of hydrogen-bond donors (Lipinski definition) is 12. The van der Waals surface area contributed by atoms with Gasteiger partial charge in [-0.3, -0.25) is 4.79 Å². The molecule has 86 heavy (non-hydrogen) atoms. The zero-order chi connectivity index (χ0) is 62.6. The second kappa shape index (κ2) is 50.4. The molecular weight excluding hydrogens is 1110 g/mol. The molecule has 3 saturated heterocycles. The molecule has 0 saturated carbocycles. The third-order valence-electron chi connectivity index (χ3n) is 18.2. The number of rotatable bonds is 55. The van der Waals surface area contributed by atoms with Crippen molar-refractivity contribution in [2.24, 2.45) is 0 Å². The number of aliphatic hydroxyl groups excluding tert-OH is 11. The van der Waals surface area contributed by atoms with E-state index in [2.05, 4.69) is 19.2 Å². The number of carbonyl (C=O) groups is 1. The smallest absolute Gasteiger partial charge is 0.220 e. The molecule has 0 aromatic rings. The van der Waals surface area contributed by atoms with E-state index in [0.29, 0.717) is 12.8 Å². The fourth-order valence-electron chi connectivity index (χ4n) is 12.4. The van der Waals surface area contributed by atoms with Crippen LogP contribution in [-0.2, 0) is 33.2 Å². The van der Waals surface area contributed by atoms with E-state index in [0.717, 1.165) is 44.9 Å². The monoisotopic (exact) mass is 1240 g/mol. The molecule has 3 rings (SSSR count). The van der Waals surface area contributed by atoms with Crippen LogP contribution in [0.25, 0.3) is 0 Å². The largest absolute Gasteiger partial charge is 0.394 e. The van der Waals surface area contributed by atoms with Crippen molar-refractivity contribution >= 4 is 5.91 Å². The molecule has 0 aromatic heterocycles. The van der Waals surface area contributed by atoms with Gasteiger partial charge in [-0.25, -0.2) is 0 Å². The number of carbonyl (C=O) groups excluding carboxylic acids is 1. The molecule has 3 fully saturated rings. The van der Waals surface area contributed by atoms with Crippen LogP contribution in [0.1, 0.15) is 290 Å². The van der Waals surface area contributed by atoms with Gasteiger partial charge in [0.2, 0.25) is 5.91 Å². The van der Waals surface area contributed by atoms with Crippen molar-refractivity contribution < 1.29 is 89.4 Å². The van der Waals surface area contributed by atoms with Gasteiger partial charge in [0.25, 0.3) is 0 Å². The standard InChI is InChI=1S/C67H129NO18/c1-3-5-7-9-11-13-15-17-19-20-21-22-23-24-25-26-27-28-29-31-33-35-37-39-41-43-45-55(73)68-50(51(72)44-42-40-38-36-34-32-30-18-16-14-12-10-8-6-4-2)49-81-65-61(79)58(76)63(53(47-70)83-65)86-67-62(80)59(77)64(54(48-71)84-67)85-66-60(78)57(75)56(74)52(46-69)82-66/h50-54,56-67,69-72,74-80H,3-49H2,1-2H3,(H,68,73). The molecular formula is C67H129NO18. The predicted molar refractivity (Wildman–Crippen MR) is 333 cm³/mol. The summed E-state index contributed by atoms with van der Waals surface area (Å²) in [5.41, 5.74) is 0. The molecule has 0 aromatic carbocycles. The molecule has 3 aliphatic rings. The van der Waals surface area contributed by atoms with Crippen molar-refractivity contribution in [2.45, 2.75) is 394 Å². The zero-order valence-corrected chi connectivity index (χ0v) is 53.8. The third-order valence-corrected chi connectivity index (χ3v) is 18.2. The van der Waals surface area contributed by atoms with Crippen LogP contribution >= 0.6 is 0 Å². The van der Waals surface area contributed by atoms with Crippen LogP contribution < -0.4 is 5.32 Å². The molecule has 3 aliphatic heterocycles. The van der Waals surface area contributed by atoms with Gasteiger partial charge in [0.05, 0.1) is 38.6 Å². The molecule has 3 heterocycles. The quantitative estimate of drug-likeness (QED) is 0.0253. The van der Waals surface area contributed by atoms with Crippen molar-refractivity contribution in [1.29, 1.82) is 0 Å². The minimum atomic E-state index is -1.97. The van der Waals surface area contributed by atoms with Crippen LogP contribution in [0.5, 0.6) is 0 Å². The summed E-state index contributed by atoms with van der Waals surface area (Å²) in [7, 11) is 0. The van der Waals surface area contributed by atoms with Gasteiger partial charge in [-0.1, -0.05) is 271 Å². The van der Waals surface area contributed by atoms with E-state index in [1.807, 2.05) is 0 Å². The fourth-order valence-corrected chi connectivity index (χ4v) is 12.4. The van der Waals surface area contributed by atoms with Crippen molar-refractivity contribution in [3.63, 3.8) is 0 Å². The number of ether oxygens (including phenoxy) is 6. The highest BCUT2D eigenvalue weighted by atomic mass is 16.8. The van der Waals surface area contributed by atoms with Gasteiger partial charge in [-0.2, -0.15) is 0 Å². The Labute approximate surface area is 519 Å². The second-order valence-corrected chi connectivity index (χ2v) is 25.7. The Bertz CT molecular complexity index is 1570. The molecule has 19 nitrogen and oxygen atoms in total. The van der Waals surface area contributed by atoms with Gasteiger partial charge in [0, 0.05) is 6.42 Å². The van der Waals surface area contributed by atoms with E-state index < -0.39 is 124 Å². The van der Waals surface area contributed by atoms with E-state index in [-0.39, 0.29) is 18.9 Å².